The van der Waals surface area contributed by atoms with Gasteiger partial charge < -0.3 is 25.0 Å². The maximum absolute atomic E-state index is 5.45. The van der Waals surface area contributed by atoms with Crippen LogP contribution in [0.2, 0.25) is 0 Å². The molecule has 1 fully saturated rings. The zero-order valence-corrected chi connectivity index (χ0v) is 16.2. The summed E-state index contributed by atoms with van der Waals surface area (Å²) in [5.41, 5.74) is 1.21. The second-order valence-electron chi connectivity index (χ2n) is 6.38. The van der Waals surface area contributed by atoms with Gasteiger partial charge in [-0.25, -0.2) is 4.98 Å². The van der Waals surface area contributed by atoms with Gasteiger partial charge in [0.1, 0.15) is 5.82 Å². The van der Waals surface area contributed by atoms with Crippen LogP contribution in [0.3, 0.4) is 0 Å². The molecule has 1 aromatic rings. The molecule has 2 N–H and O–H groups in total. The van der Waals surface area contributed by atoms with Crippen molar-refractivity contribution in [1.29, 1.82) is 0 Å². The third-order valence-corrected chi connectivity index (χ3v) is 4.36. The monoisotopic (exact) mass is 363 g/mol. The maximum Gasteiger partial charge on any atom is 0.191 e. The van der Waals surface area contributed by atoms with E-state index in [2.05, 4.69) is 37.6 Å². The normalized spacial score (nSPS) is 15.2. The molecule has 0 aliphatic carbocycles. The molecule has 7 heteroatoms. The van der Waals surface area contributed by atoms with Gasteiger partial charge in [-0.2, -0.15) is 0 Å². The van der Waals surface area contributed by atoms with Crippen LogP contribution in [0.5, 0.6) is 0 Å². The highest BCUT2D eigenvalue weighted by Gasteiger charge is 2.12. The number of aromatic nitrogens is 1. The Hall–Kier alpha value is -1.86. The number of piperidine rings is 1. The molecule has 1 aliphatic heterocycles. The van der Waals surface area contributed by atoms with Crippen molar-refractivity contribution in [2.75, 3.05) is 58.5 Å². The molecule has 0 atom stereocenters. The third kappa shape index (κ3) is 7.58. The molecule has 7 nitrogen and oxygen atoms in total. The van der Waals surface area contributed by atoms with Crippen LogP contribution in [0.15, 0.2) is 23.3 Å². The van der Waals surface area contributed by atoms with Gasteiger partial charge in [0.15, 0.2) is 5.96 Å². The van der Waals surface area contributed by atoms with Gasteiger partial charge in [0.25, 0.3) is 0 Å². The van der Waals surface area contributed by atoms with Gasteiger partial charge in [-0.1, -0.05) is 0 Å². The van der Waals surface area contributed by atoms with E-state index in [0.29, 0.717) is 13.2 Å². The molecule has 0 saturated carbocycles. The molecule has 0 aromatic carbocycles. The molecule has 0 amide bonds. The molecule has 0 radical (unpaired) electrons. The van der Waals surface area contributed by atoms with Gasteiger partial charge in [-0.3, -0.25) is 4.99 Å². The summed E-state index contributed by atoms with van der Waals surface area (Å²) in [4.78, 5) is 11.2. The smallest absolute Gasteiger partial charge is 0.191 e. The van der Waals surface area contributed by atoms with E-state index in [0.717, 1.165) is 51.0 Å². The molecule has 1 aromatic heterocycles. The first-order valence-electron chi connectivity index (χ1n) is 9.54. The van der Waals surface area contributed by atoms with Crippen LogP contribution in [0.4, 0.5) is 5.82 Å². The molecule has 0 bridgehead atoms. The van der Waals surface area contributed by atoms with Crippen molar-refractivity contribution in [3.05, 3.63) is 23.9 Å². The van der Waals surface area contributed by atoms with Crippen molar-refractivity contribution < 1.29 is 9.47 Å². The lowest BCUT2D eigenvalue weighted by Gasteiger charge is -2.28. The van der Waals surface area contributed by atoms with Gasteiger partial charge in [0.2, 0.25) is 0 Å². The van der Waals surface area contributed by atoms with Gasteiger partial charge in [0.05, 0.1) is 13.2 Å². The largest absolute Gasteiger partial charge is 0.382 e. The van der Waals surface area contributed by atoms with Crippen molar-refractivity contribution in [3.63, 3.8) is 0 Å². The minimum Gasteiger partial charge on any atom is -0.382 e. The number of anilines is 1. The molecular formula is C19H33N5O2. The fourth-order valence-electron chi connectivity index (χ4n) is 2.90. The summed E-state index contributed by atoms with van der Waals surface area (Å²) < 4.78 is 10.4. The van der Waals surface area contributed by atoms with E-state index in [1.165, 1.54) is 24.8 Å². The van der Waals surface area contributed by atoms with Gasteiger partial charge in [0, 0.05) is 53.1 Å². The Bertz CT molecular complexity index is 532. The second kappa shape index (κ2) is 12.5. The van der Waals surface area contributed by atoms with Gasteiger partial charge >= 0.3 is 0 Å². The van der Waals surface area contributed by atoms with Crippen molar-refractivity contribution in [3.8, 4) is 0 Å². The number of hydrogen-bond acceptors (Lipinski definition) is 5. The Kier molecular flexibility index (Phi) is 9.82. The molecule has 1 aliphatic rings. The highest BCUT2D eigenvalue weighted by atomic mass is 16.5. The van der Waals surface area contributed by atoms with Crippen LogP contribution in [0.25, 0.3) is 0 Å². The summed E-state index contributed by atoms with van der Waals surface area (Å²) in [6.07, 6.45) is 6.68. The van der Waals surface area contributed by atoms with Crippen molar-refractivity contribution in [2.45, 2.75) is 32.2 Å². The van der Waals surface area contributed by atoms with Crippen LogP contribution in [-0.4, -0.2) is 64.6 Å². The molecule has 146 valence electrons. The molecule has 2 rings (SSSR count). The first kappa shape index (κ1) is 20.5. The first-order chi connectivity index (χ1) is 12.8. The fourth-order valence-corrected chi connectivity index (χ4v) is 2.90. The molecule has 0 spiro atoms. The van der Waals surface area contributed by atoms with Crippen LogP contribution in [0.1, 0.15) is 31.2 Å². The van der Waals surface area contributed by atoms with Gasteiger partial charge in [-0.15, -0.1) is 0 Å². The summed E-state index contributed by atoms with van der Waals surface area (Å²) in [5.74, 6) is 1.89. The van der Waals surface area contributed by atoms with Crippen LogP contribution in [0, 0.1) is 0 Å². The van der Waals surface area contributed by atoms with E-state index in [-0.39, 0.29) is 0 Å². The molecule has 0 unspecified atom stereocenters. The molecule has 2 heterocycles. The highest BCUT2D eigenvalue weighted by Crippen LogP contribution is 2.18. The van der Waals surface area contributed by atoms with E-state index in [9.17, 15) is 0 Å². The second-order valence-corrected chi connectivity index (χ2v) is 6.38. The Morgan fingerprint density at radius 1 is 1.19 bits per heavy atom. The Morgan fingerprint density at radius 3 is 2.81 bits per heavy atom. The summed E-state index contributed by atoms with van der Waals surface area (Å²) in [5, 5.41) is 6.67. The number of aliphatic imine (C=N–C) groups is 1. The van der Waals surface area contributed by atoms with Crippen LogP contribution < -0.4 is 15.5 Å². The number of pyridine rings is 1. The summed E-state index contributed by atoms with van der Waals surface area (Å²) in [7, 11) is 3.47. The maximum atomic E-state index is 5.45. The van der Waals surface area contributed by atoms with E-state index >= 15 is 0 Å². The fraction of sp³-hybridized carbons (Fsp3) is 0.684. The summed E-state index contributed by atoms with van der Waals surface area (Å²) in [6.45, 7) is 5.78. The van der Waals surface area contributed by atoms with Crippen molar-refractivity contribution in [1.82, 2.24) is 15.6 Å². The quantitative estimate of drug-likeness (QED) is 0.375. The minimum atomic E-state index is 0.641. The predicted octanol–water partition coefficient (Wildman–Crippen LogP) is 1.79. The number of ether oxygens (including phenoxy) is 2. The topological polar surface area (TPSA) is 71.0 Å². The van der Waals surface area contributed by atoms with Crippen molar-refractivity contribution >= 4 is 11.8 Å². The van der Waals surface area contributed by atoms with E-state index in [1.807, 2.05) is 6.20 Å². The highest BCUT2D eigenvalue weighted by molar-refractivity contribution is 5.79. The number of nitrogens with zero attached hydrogens (tertiary/aromatic N) is 3. The number of guanidine groups is 1. The molecule has 1 saturated heterocycles. The van der Waals surface area contributed by atoms with Crippen LogP contribution >= 0.6 is 0 Å². The molecule has 26 heavy (non-hydrogen) atoms. The zero-order chi connectivity index (χ0) is 18.5. The third-order valence-electron chi connectivity index (χ3n) is 4.36. The molecular weight excluding hydrogens is 330 g/mol. The minimum absolute atomic E-state index is 0.641. The van der Waals surface area contributed by atoms with E-state index in [4.69, 9.17) is 9.47 Å². The lowest BCUT2D eigenvalue weighted by molar-refractivity contribution is 0.0698. The zero-order valence-electron chi connectivity index (χ0n) is 16.2. The van der Waals surface area contributed by atoms with Crippen molar-refractivity contribution in [2.24, 2.45) is 4.99 Å². The lowest BCUT2D eigenvalue weighted by Crippen LogP contribution is -2.37. The Labute approximate surface area is 157 Å². The Balaban J connectivity index is 1.69. The van der Waals surface area contributed by atoms with E-state index < -0.39 is 0 Å². The summed E-state index contributed by atoms with van der Waals surface area (Å²) >= 11 is 0. The number of hydrogen-bond donors (Lipinski definition) is 2. The average Bonchev–Trinajstić information content (AvgIpc) is 2.70. The summed E-state index contributed by atoms with van der Waals surface area (Å²) in [6, 6.07) is 4.23. The SMILES string of the molecule is CN=C(NCCCOCCOC)NCc1ccnc(N2CCCCC2)c1. The van der Waals surface area contributed by atoms with Gasteiger partial charge in [-0.05, 0) is 43.4 Å². The Morgan fingerprint density at radius 2 is 2.04 bits per heavy atom. The number of methoxy groups -OCH3 is 1. The lowest BCUT2D eigenvalue weighted by atomic mass is 10.1. The standard InChI is InChI=1S/C19H33N5O2/c1-20-19(22-8-6-12-26-14-13-25-2)23-16-17-7-9-21-18(15-17)24-10-4-3-5-11-24/h7,9,15H,3-6,8,10-14,16H2,1-2H3,(H2,20,22,23). The van der Waals surface area contributed by atoms with E-state index in [1.54, 1.807) is 14.2 Å². The first-order valence-corrected chi connectivity index (χ1v) is 9.54. The predicted molar refractivity (Wildman–Crippen MR) is 106 cm³/mol. The average molecular weight is 364 g/mol. The number of nitrogens with one attached hydrogen (secondary N) is 2. The van der Waals surface area contributed by atoms with Crippen LogP contribution in [-0.2, 0) is 16.0 Å². The number of rotatable bonds is 10.